The molecule has 0 unspecified atom stereocenters. The first-order chi connectivity index (χ1) is 5.16. The van der Waals surface area contributed by atoms with Crippen LogP contribution in [0.2, 0.25) is 0 Å². The molecule has 0 amide bonds. The van der Waals surface area contributed by atoms with Crippen LogP contribution in [0.5, 0.6) is 0 Å². The van der Waals surface area contributed by atoms with Crippen LogP contribution in [-0.2, 0) is 0 Å². The summed E-state index contributed by atoms with van der Waals surface area (Å²) in [4.78, 5) is 10.5. The predicted molar refractivity (Wildman–Crippen MR) is 57.0 cm³/mol. The third-order valence-corrected chi connectivity index (χ3v) is 4.42. The topological polar surface area (TPSA) is 17.1 Å². The first kappa shape index (κ1) is 9.19. The minimum Gasteiger partial charge on any atom is -0.298 e. The maximum Gasteiger partial charge on any atom is 0.151 e. The highest BCUT2D eigenvalue weighted by Crippen LogP contribution is 2.25. The molecule has 0 saturated heterocycles. The Labute approximate surface area is 87.5 Å². The molecule has 0 atom stereocenters. The van der Waals surface area contributed by atoms with Gasteiger partial charge in [-0.3, -0.25) is 4.79 Å². The van der Waals surface area contributed by atoms with Crippen molar-refractivity contribution in [3.05, 3.63) is 31.3 Å². The van der Waals surface area contributed by atoms with Gasteiger partial charge in [0.05, 0.1) is 0 Å². The lowest BCUT2D eigenvalue weighted by molar-refractivity contribution is 0.112. The van der Waals surface area contributed by atoms with Crippen LogP contribution in [0, 0.1) is 10.5 Å². The van der Waals surface area contributed by atoms with Crippen LogP contribution >= 0.6 is 38.5 Å². The zero-order valence-corrected chi connectivity index (χ0v) is 9.64. The second kappa shape index (κ2) is 3.67. The SMILES string of the molecule is Cc1ccc(C=O)c(Br)c1I. The van der Waals surface area contributed by atoms with E-state index in [9.17, 15) is 4.79 Å². The van der Waals surface area contributed by atoms with Gasteiger partial charge >= 0.3 is 0 Å². The van der Waals surface area contributed by atoms with Gasteiger partial charge in [-0.15, -0.1) is 0 Å². The largest absolute Gasteiger partial charge is 0.298 e. The van der Waals surface area contributed by atoms with E-state index in [1.54, 1.807) is 0 Å². The van der Waals surface area contributed by atoms with Crippen LogP contribution in [0.1, 0.15) is 15.9 Å². The number of aldehydes is 1. The minimum atomic E-state index is 0.708. The number of benzene rings is 1. The van der Waals surface area contributed by atoms with Crippen molar-refractivity contribution in [2.75, 3.05) is 0 Å². The number of carbonyl (C=O) groups excluding carboxylic acids is 1. The molecule has 0 aliphatic rings. The van der Waals surface area contributed by atoms with Gasteiger partial charge in [0.15, 0.2) is 6.29 Å². The van der Waals surface area contributed by atoms with Crippen LogP contribution in [0.15, 0.2) is 16.6 Å². The van der Waals surface area contributed by atoms with Gasteiger partial charge in [-0.1, -0.05) is 12.1 Å². The van der Waals surface area contributed by atoms with Crippen LogP contribution in [0.4, 0.5) is 0 Å². The quantitative estimate of drug-likeness (QED) is 0.573. The number of rotatable bonds is 1. The Kier molecular flexibility index (Phi) is 3.06. The van der Waals surface area contributed by atoms with Crippen LogP contribution in [0.25, 0.3) is 0 Å². The number of hydrogen-bond donors (Lipinski definition) is 0. The molecule has 0 bridgehead atoms. The fourth-order valence-corrected chi connectivity index (χ4v) is 1.78. The van der Waals surface area contributed by atoms with Gasteiger partial charge in [0.25, 0.3) is 0 Å². The van der Waals surface area contributed by atoms with Gasteiger partial charge in [0, 0.05) is 13.6 Å². The molecule has 0 aliphatic heterocycles. The van der Waals surface area contributed by atoms with E-state index >= 15 is 0 Å². The summed E-state index contributed by atoms with van der Waals surface area (Å²) >= 11 is 5.56. The van der Waals surface area contributed by atoms with Crippen molar-refractivity contribution in [3.8, 4) is 0 Å². The molecule has 0 aliphatic carbocycles. The predicted octanol–water partition coefficient (Wildman–Crippen LogP) is 3.17. The summed E-state index contributed by atoms with van der Waals surface area (Å²) in [6, 6.07) is 3.75. The van der Waals surface area contributed by atoms with E-state index in [4.69, 9.17) is 0 Å². The van der Waals surface area contributed by atoms with Crippen molar-refractivity contribution < 1.29 is 4.79 Å². The lowest BCUT2D eigenvalue weighted by Crippen LogP contribution is -1.88. The molecule has 1 rings (SSSR count). The van der Waals surface area contributed by atoms with E-state index in [0.29, 0.717) is 5.56 Å². The maximum absolute atomic E-state index is 10.5. The van der Waals surface area contributed by atoms with Gasteiger partial charge in [-0.25, -0.2) is 0 Å². The smallest absolute Gasteiger partial charge is 0.151 e. The highest BCUT2D eigenvalue weighted by Gasteiger charge is 2.04. The fraction of sp³-hybridized carbons (Fsp3) is 0.125. The third-order valence-electron chi connectivity index (χ3n) is 1.43. The fourth-order valence-electron chi connectivity index (χ4n) is 0.752. The Hall–Kier alpha value is 0.1000. The van der Waals surface area contributed by atoms with E-state index in [-0.39, 0.29) is 0 Å². The monoisotopic (exact) mass is 324 g/mol. The zero-order chi connectivity index (χ0) is 8.43. The van der Waals surface area contributed by atoms with E-state index < -0.39 is 0 Å². The molecule has 1 aromatic rings. The normalized spacial score (nSPS) is 9.73. The van der Waals surface area contributed by atoms with Crippen molar-refractivity contribution in [1.82, 2.24) is 0 Å². The van der Waals surface area contributed by atoms with Crippen LogP contribution in [0.3, 0.4) is 0 Å². The van der Waals surface area contributed by atoms with Gasteiger partial charge in [0.2, 0.25) is 0 Å². The van der Waals surface area contributed by atoms with Crippen LogP contribution < -0.4 is 0 Å². The zero-order valence-electron chi connectivity index (χ0n) is 5.90. The van der Waals surface area contributed by atoms with Crippen molar-refractivity contribution in [2.45, 2.75) is 6.92 Å². The highest BCUT2D eigenvalue weighted by atomic mass is 127. The van der Waals surface area contributed by atoms with Gasteiger partial charge in [0.1, 0.15) is 0 Å². The Balaban J connectivity index is 3.36. The van der Waals surface area contributed by atoms with Crippen molar-refractivity contribution in [3.63, 3.8) is 0 Å². The molecule has 11 heavy (non-hydrogen) atoms. The van der Waals surface area contributed by atoms with Crippen molar-refractivity contribution >= 4 is 44.8 Å². The molecule has 0 N–H and O–H groups in total. The van der Waals surface area contributed by atoms with Crippen LogP contribution in [-0.4, -0.2) is 6.29 Å². The molecule has 1 aromatic carbocycles. The molecule has 0 saturated carbocycles. The van der Waals surface area contributed by atoms with E-state index in [2.05, 4.69) is 38.5 Å². The molecule has 58 valence electrons. The number of hydrogen-bond acceptors (Lipinski definition) is 1. The second-order valence-corrected chi connectivity index (χ2v) is 4.09. The molecule has 0 aromatic heterocycles. The second-order valence-electron chi connectivity index (χ2n) is 2.22. The molecule has 1 nitrogen and oxygen atoms in total. The molecule has 0 radical (unpaired) electrons. The lowest BCUT2D eigenvalue weighted by Gasteiger charge is -2.02. The third kappa shape index (κ3) is 1.82. The summed E-state index contributed by atoms with van der Waals surface area (Å²) in [5, 5.41) is 0. The first-order valence-electron chi connectivity index (χ1n) is 3.06. The molecular formula is C8H6BrIO. The van der Waals surface area contributed by atoms with Gasteiger partial charge in [-0.2, -0.15) is 0 Å². The number of aryl methyl sites for hydroxylation is 1. The highest BCUT2D eigenvalue weighted by molar-refractivity contribution is 14.1. The van der Waals surface area contributed by atoms with Crippen molar-refractivity contribution in [2.24, 2.45) is 0 Å². The Morgan fingerprint density at radius 1 is 1.55 bits per heavy atom. The Morgan fingerprint density at radius 3 is 2.73 bits per heavy atom. The molecule has 0 heterocycles. The minimum absolute atomic E-state index is 0.708. The molecule has 0 spiro atoms. The van der Waals surface area contributed by atoms with E-state index in [1.165, 1.54) is 5.56 Å². The summed E-state index contributed by atoms with van der Waals surface area (Å²) in [7, 11) is 0. The summed E-state index contributed by atoms with van der Waals surface area (Å²) in [6.45, 7) is 2.01. The number of carbonyl (C=O) groups is 1. The van der Waals surface area contributed by atoms with Gasteiger partial charge < -0.3 is 0 Å². The number of halogens is 2. The summed E-state index contributed by atoms with van der Waals surface area (Å²) in [5.41, 5.74) is 1.89. The summed E-state index contributed by atoms with van der Waals surface area (Å²) < 4.78 is 2.00. The molecular weight excluding hydrogens is 319 g/mol. The average Bonchev–Trinajstić information content (AvgIpc) is 2.01. The lowest BCUT2D eigenvalue weighted by atomic mass is 10.2. The Bertz CT molecular complexity index is 296. The standard InChI is InChI=1S/C8H6BrIO/c1-5-2-3-6(4-11)7(9)8(5)10/h2-4H,1H3. The van der Waals surface area contributed by atoms with E-state index in [1.807, 2.05) is 19.1 Å². The first-order valence-corrected chi connectivity index (χ1v) is 4.93. The summed E-state index contributed by atoms with van der Waals surface area (Å²) in [5.74, 6) is 0. The van der Waals surface area contributed by atoms with Crippen molar-refractivity contribution in [1.29, 1.82) is 0 Å². The molecule has 3 heteroatoms. The van der Waals surface area contributed by atoms with E-state index in [0.717, 1.165) is 14.3 Å². The average molecular weight is 325 g/mol. The maximum atomic E-state index is 10.5. The Morgan fingerprint density at radius 2 is 2.18 bits per heavy atom. The van der Waals surface area contributed by atoms with Gasteiger partial charge in [-0.05, 0) is 51.0 Å². The summed E-state index contributed by atoms with van der Waals surface area (Å²) in [6.07, 6.45) is 0.853. The molecule has 0 fully saturated rings.